The van der Waals surface area contributed by atoms with Crippen LogP contribution in [0.2, 0.25) is 0 Å². The molecule has 1 aliphatic heterocycles. The molecule has 0 amide bonds. The molecule has 1 aliphatic rings. The predicted octanol–water partition coefficient (Wildman–Crippen LogP) is 1.68. The summed E-state index contributed by atoms with van der Waals surface area (Å²) in [6, 6.07) is -1.34. The van der Waals surface area contributed by atoms with Crippen molar-refractivity contribution in [2.45, 2.75) is 57.4 Å². The third kappa shape index (κ3) is 2.56. The molecular formula is C10H16BN3O3. The fraction of sp³-hybridized carbons (Fsp3) is 0.900. The standard InChI is InChI=1S/C10H16BN3O3/c1-4-10(5-2)8(13-14-12)7(9(11)17-10)16-6(3)15/h7-9H,4-5H2,1-3H3/t7-,8+,9-/m1/s1. The Balaban J connectivity index is 3.05. The first-order chi connectivity index (χ1) is 8.00. The summed E-state index contributed by atoms with van der Waals surface area (Å²) >= 11 is 0. The van der Waals surface area contributed by atoms with Crippen molar-refractivity contribution in [3.63, 3.8) is 0 Å². The van der Waals surface area contributed by atoms with Crippen LogP contribution in [-0.2, 0) is 14.3 Å². The Labute approximate surface area is 102 Å². The zero-order valence-corrected chi connectivity index (χ0v) is 10.3. The molecule has 0 spiro atoms. The van der Waals surface area contributed by atoms with E-state index in [1.165, 1.54) is 6.92 Å². The van der Waals surface area contributed by atoms with E-state index < -0.39 is 29.7 Å². The number of ether oxygens (including phenoxy) is 2. The number of nitrogens with zero attached hydrogens (tertiary/aromatic N) is 3. The lowest BCUT2D eigenvalue weighted by Gasteiger charge is -2.30. The number of hydrogen-bond acceptors (Lipinski definition) is 4. The second-order valence-electron chi connectivity index (χ2n) is 4.08. The molecule has 0 aromatic heterocycles. The van der Waals surface area contributed by atoms with E-state index in [2.05, 4.69) is 10.0 Å². The number of esters is 1. The van der Waals surface area contributed by atoms with E-state index >= 15 is 0 Å². The van der Waals surface area contributed by atoms with Crippen LogP contribution in [0.25, 0.3) is 10.4 Å². The van der Waals surface area contributed by atoms with Crippen molar-refractivity contribution in [1.82, 2.24) is 0 Å². The summed E-state index contributed by atoms with van der Waals surface area (Å²) in [7, 11) is 5.79. The number of carbonyl (C=O) groups is 1. The summed E-state index contributed by atoms with van der Waals surface area (Å²) in [6.07, 6.45) is 0.556. The van der Waals surface area contributed by atoms with Crippen molar-refractivity contribution in [2.75, 3.05) is 0 Å². The highest BCUT2D eigenvalue weighted by Gasteiger charge is 2.52. The highest BCUT2D eigenvalue weighted by molar-refractivity contribution is 6.11. The van der Waals surface area contributed by atoms with Crippen molar-refractivity contribution >= 4 is 13.8 Å². The zero-order valence-electron chi connectivity index (χ0n) is 10.3. The van der Waals surface area contributed by atoms with Crippen molar-refractivity contribution in [2.24, 2.45) is 5.11 Å². The molecule has 2 radical (unpaired) electrons. The number of hydrogen-bond donors (Lipinski definition) is 0. The molecule has 0 bridgehead atoms. The van der Waals surface area contributed by atoms with E-state index in [0.29, 0.717) is 12.8 Å². The van der Waals surface area contributed by atoms with E-state index in [4.69, 9.17) is 22.9 Å². The van der Waals surface area contributed by atoms with Gasteiger partial charge in [-0.1, -0.05) is 19.0 Å². The van der Waals surface area contributed by atoms with E-state index in [-0.39, 0.29) is 0 Å². The average molecular weight is 237 g/mol. The number of azide groups is 1. The molecule has 17 heavy (non-hydrogen) atoms. The van der Waals surface area contributed by atoms with Gasteiger partial charge in [-0.2, -0.15) is 0 Å². The summed E-state index contributed by atoms with van der Waals surface area (Å²) < 4.78 is 10.8. The molecular weight excluding hydrogens is 221 g/mol. The summed E-state index contributed by atoms with van der Waals surface area (Å²) in [4.78, 5) is 13.8. The lowest BCUT2D eigenvalue weighted by Crippen LogP contribution is -2.42. The lowest BCUT2D eigenvalue weighted by molar-refractivity contribution is -0.147. The molecule has 7 heteroatoms. The summed E-state index contributed by atoms with van der Waals surface area (Å²) in [5.41, 5.74) is 7.96. The van der Waals surface area contributed by atoms with Crippen LogP contribution in [0.3, 0.4) is 0 Å². The molecule has 0 aromatic carbocycles. The van der Waals surface area contributed by atoms with Gasteiger partial charge in [0, 0.05) is 11.8 Å². The minimum Gasteiger partial charge on any atom is -0.460 e. The fourth-order valence-corrected chi connectivity index (χ4v) is 2.27. The third-order valence-electron chi connectivity index (χ3n) is 3.22. The Hall–Kier alpha value is -1.20. The molecule has 1 fully saturated rings. The Morgan fingerprint density at radius 1 is 1.59 bits per heavy atom. The average Bonchev–Trinajstić information content (AvgIpc) is 2.54. The second kappa shape index (κ2) is 5.43. The zero-order chi connectivity index (χ0) is 13.1. The van der Waals surface area contributed by atoms with Gasteiger partial charge in [0.05, 0.1) is 11.6 Å². The first-order valence-corrected chi connectivity index (χ1v) is 5.65. The number of carbonyl (C=O) groups excluding carboxylic acids is 1. The fourth-order valence-electron chi connectivity index (χ4n) is 2.27. The molecule has 0 aliphatic carbocycles. The van der Waals surface area contributed by atoms with E-state index in [1.54, 1.807) is 0 Å². The maximum Gasteiger partial charge on any atom is 0.302 e. The smallest absolute Gasteiger partial charge is 0.302 e. The quantitative estimate of drug-likeness (QED) is 0.245. The van der Waals surface area contributed by atoms with E-state index in [1.807, 2.05) is 13.8 Å². The Morgan fingerprint density at radius 3 is 2.59 bits per heavy atom. The van der Waals surface area contributed by atoms with Crippen LogP contribution >= 0.6 is 0 Å². The molecule has 3 atom stereocenters. The molecule has 0 aromatic rings. The topological polar surface area (TPSA) is 84.3 Å². The first kappa shape index (κ1) is 13.9. The van der Waals surface area contributed by atoms with Crippen LogP contribution in [0.4, 0.5) is 0 Å². The van der Waals surface area contributed by atoms with Crippen molar-refractivity contribution in [1.29, 1.82) is 0 Å². The minimum absolute atomic E-state index is 0.463. The van der Waals surface area contributed by atoms with Crippen molar-refractivity contribution in [3.8, 4) is 0 Å². The summed E-state index contributed by atoms with van der Waals surface area (Å²) in [6.45, 7) is 5.14. The maximum absolute atomic E-state index is 11.0. The molecule has 6 nitrogen and oxygen atoms in total. The SMILES string of the molecule is [B][C@@H]1OC(CC)(CC)[C@@H](N=[N+]=[N-])[C@H]1OC(C)=O. The van der Waals surface area contributed by atoms with Gasteiger partial charge in [-0.25, -0.2) is 0 Å². The number of rotatable bonds is 4. The van der Waals surface area contributed by atoms with Crippen LogP contribution in [0.5, 0.6) is 0 Å². The van der Waals surface area contributed by atoms with Crippen LogP contribution in [0.1, 0.15) is 33.6 Å². The Kier molecular flexibility index (Phi) is 4.43. The highest BCUT2D eigenvalue weighted by atomic mass is 16.6. The maximum atomic E-state index is 11.0. The van der Waals surface area contributed by atoms with Crippen LogP contribution in [0, 0.1) is 0 Å². The Bertz CT molecular complexity index is 340. The van der Waals surface area contributed by atoms with Crippen LogP contribution in [-0.4, -0.2) is 37.6 Å². The molecule has 0 saturated carbocycles. The molecule has 0 unspecified atom stereocenters. The first-order valence-electron chi connectivity index (χ1n) is 5.65. The predicted molar refractivity (Wildman–Crippen MR) is 62.4 cm³/mol. The van der Waals surface area contributed by atoms with Gasteiger partial charge in [0.25, 0.3) is 0 Å². The van der Waals surface area contributed by atoms with Gasteiger partial charge in [0.15, 0.2) is 0 Å². The van der Waals surface area contributed by atoms with Crippen molar-refractivity contribution in [3.05, 3.63) is 10.4 Å². The monoisotopic (exact) mass is 237 g/mol. The largest absolute Gasteiger partial charge is 0.460 e. The van der Waals surface area contributed by atoms with Gasteiger partial charge in [-0.15, -0.1) is 0 Å². The third-order valence-corrected chi connectivity index (χ3v) is 3.22. The normalized spacial score (nSPS) is 30.6. The molecule has 92 valence electrons. The van der Waals surface area contributed by atoms with Crippen LogP contribution in [0.15, 0.2) is 5.11 Å². The second-order valence-corrected chi connectivity index (χ2v) is 4.08. The van der Waals surface area contributed by atoms with Gasteiger partial charge in [0.2, 0.25) is 0 Å². The molecule has 1 saturated heterocycles. The minimum atomic E-state index is -0.755. The van der Waals surface area contributed by atoms with Crippen molar-refractivity contribution < 1.29 is 14.3 Å². The van der Waals surface area contributed by atoms with Crippen LogP contribution < -0.4 is 0 Å². The Morgan fingerprint density at radius 2 is 2.18 bits per heavy atom. The lowest BCUT2D eigenvalue weighted by atomic mass is 9.84. The van der Waals surface area contributed by atoms with Gasteiger partial charge >= 0.3 is 5.97 Å². The van der Waals surface area contributed by atoms with Gasteiger partial charge in [0.1, 0.15) is 20.0 Å². The molecule has 1 heterocycles. The highest BCUT2D eigenvalue weighted by Crippen LogP contribution is 2.39. The van der Waals surface area contributed by atoms with E-state index in [0.717, 1.165) is 0 Å². The van der Waals surface area contributed by atoms with Gasteiger partial charge < -0.3 is 9.47 Å². The molecule has 1 rings (SSSR count). The van der Waals surface area contributed by atoms with Gasteiger partial charge in [-0.3, -0.25) is 4.79 Å². The summed E-state index contributed by atoms with van der Waals surface area (Å²) in [5.74, 6) is -0.463. The molecule has 0 N–H and O–H groups in total. The van der Waals surface area contributed by atoms with Gasteiger partial charge in [-0.05, 0) is 18.4 Å². The summed E-state index contributed by atoms with van der Waals surface area (Å²) in [5, 5.41) is 3.70. The van der Waals surface area contributed by atoms with E-state index in [9.17, 15) is 4.79 Å².